The van der Waals surface area contributed by atoms with Crippen molar-refractivity contribution in [3.63, 3.8) is 0 Å². The number of halogens is 1. The first-order valence-corrected chi connectivity index (χ1v) is 7.76. The topological polar surface area (TPSA) is 42.0 Å². The number of benzene rings is 1. The second-order valence-electron chi connectivity index (χ2n) is 5.55. The van der Waals surface area contributed by atoms with Crippen LogP contribution in [0, 0.1) is 0 Å². The molecule has 0 spiro atoms. The zero-order chi connectivity index (χ0) is 15.5. The first kappa shape index (κ1) is 15.2. The molecule has 5 nitrogen and oxygen atoms in total. The molecule has 0 N–H and O–H groups in total. The molecule has 2 aliphatic rings. The van der Waals surface area contributed by atoms with Crippen LogP contribution in [0.2, 0.25) is 5.02 Å². The number of hydrogen-bond donors (Lipinski definition) is 0. The molecule has 0 unspecified atom stereocenters. The van der Waals surface area contributed by atoms with E-state index in [0.29, 0.717) is 16.5 Å². The number of amides is 1. The van der Waals surface area contributed by atoms with Crippen LogP contribution in [0.25, 0.3) is 6.08 Å². The molecule has 0 bridgehead atoms. The SMILES string of the molecule is CN1CCCN(C(=O)/C=C/c2cc(Cl)c3c(c2)OCO3)CC1. The number of carbonyl (C=O) groups is 1. The fourth-order valence-corrected chi connectivity index (χ4v) is 2.90. The Morgan fingerprint density at radius 3 is 2.95 bits per heavy atom. The lowest BCUT2D eigenvalue weighted by molar-refractivity contribution is -0.125. The number of fused-ring (bicyclic) bond motifs is 1. The maximum atomic E-state index is 12.3. The lowest BCUT2D eigenvalue weighted by Gasteiger charge is -2.18. The molecule has 1 fully saturated rings. The zero-order valence-corrected chi connectivity index (χ0v) is 13.3. The summed E-state index contributed by atoms with van der Waals surface area (Å²) in [4.78, 5) is 16.4. The minimum absolute atomic E-state index is 0.0316. The van der Waals surface area contributed by atoms with E-state index >= 15 is 0 Å². The molecule has 1 aromatic rings. The van der Waals surface area contributed by atoms with Gasteiger partial charge in [0.05, 0.1) is 5.02 Å². The summed E-state index contributed by atoms with van der Waals surface area (Å²) in [5.74, 6) is 1.22. The molecule has 2 aliphatic heterocycles. The van der Waals surface area contributed by atoms with Crippen molar-refractivity contribution in [2.45, 2.75) is 6.42 Å². The fourth-order valence-electron chi connectivity index (χ4n) is 2.62. The molecule has 1 amide bonds. The predicted molar refractivity (Wildman–Crippen MR) is 85.3 cm³/mol. The smallest absolute Gasteiger partial charge is 0.246 e. The number of nitrogens with zero attached hydrogens (tertiary/aromatic N) is 2. The van der Waals surface area contributed by atoms with Gasteiger partial charge in [-0.25, -0.2) is 0 Å². The highest BCUT2D eigenvalue weighted by molar-refractivity contribution is 6.32. The van der Waals surface area contributed by atoms with E-state index < -0.39 is 0 Å². The lowest BCUT2D eigenvalue weighted by Crippen LogP contribution is -2.33. The maximum Gasteiger partial charge on any atom is 0.246 e. The minimum Gasteiger partial charge on any atom is -0.454 e. The zero-order valence-electron chi connectivity index (χ0n) is 12.5. The van der Waals surface area contributed by atoms with Gasteiger partial charge in [-0.3, -0.25) is 4.79 Å². The van der Waals surface area contributed by atoms with Crippen LogP contribution < -0.4 is 9.47 Å². The molecule has 22 heavy (non-hydrogen) atoms. The third kappa shape index (κ3) is 3.36. The molecule has 1 saturated heterocycles. The minimum atomic E-state index is 0.0316. The summed E-state index contributed by atoms with van der Waals surface area (Å²) in [6, 6.07) is 3.60. The summed E-state index contributed by atoms with van der Waals surface area (Å²) in [6.45, 7) is 3.69. The Morgan fingerprint density at radius 1 is 1.23 bits per heavy atom. The van der Waals surface area contributed by atoms with Gasteiger partial charge in [-0.15, -0.1) is 0 Å². The number of rotatable bonds is 2. The average molecular weight is 323 g/mol. The molecular weight excluding hydrogens is 304 g/mol. The van der Waals surface area contributed by atoms with E-state index in [0.717, 1.165) is 38.2 Å². The van der Waals surface area contributed by atoms with Gasteiger partial charge in [0, 0.05) is 25.7 Å². The summed E-state index contributed by atoms with van der Waals surface area (Å²) in [5.41, 5.74) is 0.828. The van der Waals surface area contributed by atoms with E-state index in [4.69, 9.17) is 21.1 Å². The Hall–Kier alpha value is -1.72. The number of hydrogen-bond acceptors (Lipinski definition) is 4. The van der Waals surface area contributed by atoms with E-state index in [1.54, 1.807) is 18.2 Å². The quantitative estimate of drug-likeness (QED) is 0.783. The van der Waals surface area contributed by atoms with Crippen molar-refractivity contribution < 1.29 is 14.3 Å². The van der Waals surface area contributed by atoms with Crippen LogP contribution in [0.3, 0.4) is 0 Å². The summed E-state index contributed by atoms with van der Waals surface area (Å²) in [5, 5.41) is 0.499. The molecule has 3 rings (SSSR count). The molecule has 2 heterocycles. The third-order valence-corrected chi connectivity index (χ3v) is 4.18. The third-order valence-electron chi connectivity index (χ3n) is 3.90. The van der Waals surface area contributed by atoms with Gasteiger partial charge in [0.2, 0.25) is 12.7 Å². The van der Waals surface area contributed by atoms with E-state index in [-0.39, 0.29) is 12.7 Å². The largest absolute Gasteiger partial charge is 0.454 e. The van der Waals surface area contributed by atoms with Gasteiger partial charge in [0.1, 0.15) is 0 Å². The predicted octanol–water partition coefficient (Wildman–Crippen LogP) is 2.25. The van der Waals surface area contributed by atoms with Crippen molar-refractivity contribution in [3.8, 4) is 11.5 Å². The Kier molecular flexibility index (Phi) is 4.55. The molecular formula is C16H19ClN2O3. The molecule has 0 aromatic heterocycles. The summed E-state index contributed by atoms with van der Waals surface area (Å²) in [6.07, 6.45) is 4.37. The van der Waals surface area contributed by atoms with Crippen molar-refractivity contribution in [2.24, 2.45) is 0 Å². The Balaban J connectivity index is 1.68. The highest BCUT2D eigenvalue weighted by Crippen LogP contribution is 2.40. The first-order chi connectivity index (χ1) is 10.6. The molecule has 118 valence electrons. The van der Waals surface area contributed by atoms with Gasteiger partial charge < -0.3 is 19.3 Å². The van der Waals surface area contributed by atoms with E-state index in [1.165, 1.54) is 0 Å². The molecule has 0 aliphatic carbocycles. The highest BCUT2D eigenvalue weighted by atomic mass is 35.5. The second kappa shape index (κ2) is 6.58. The van der Waals surface area contributed by atoms with Crippen LogP contribution >= 0.6 is 11.6 Å². The summed E-state index contributed by atoms with van der Waals surface area (Å²) < 4.78 is 10.6. The Bertz CT molecular complexity index is 603. The highest BCUT2D eigenvalue weighted by Gasteiger charge is 2.18. The number of ether oxygens (including phenoxy) is 2. The van der Waals surface area contributed by atoms with Crippen molar-refractivity contribution >= 4 is 23.6 Å². The Labute approximate surface area is 135 Å². The molecule has 0 radical (unpaired) electrons. The fraction of sp³-hybridized carbons (Fsp3) is 0.438. The van der Waals surface area contributed by atoms with Crippen LogP contribution in [0.15, 0.2) is 18.2 Å². The normalized spacial score (nSPS) is 18.7. The second-order valence-corrected chi connectivity index (χ2v) is 5.96. The van der Waals surface area contributed by atoms with Gasteiger partial charge in [0.25, 0.3) is 0 Å². The lowest BCUT2D eigenvalue weighted by atomic mass is 10.2. The van der Waals surface area contributed by atoms with Gasteiger partial charge in [-0.2, -0.15) is 0 Å². The van der Waals surface area contributed by atoms with Crippen LogP contribution in [-0.4, -0.2) is 55.7 Å². The van der Waals surface area contributed by atoms with Crippen LogP contribution in [0.4, 0.5) is 0 Å². The van der Waals surface area contributed by atoms with Crippen molar-refractivity contribution in [1.29, 1.82) is 0 Å². The number of likely N-dealkylation sites (N-methyl/N-ethyl adjacent to an activating group) is 1. The van der Waals surface area contributed by atoms with Gasteiger partial charge in [-0.1, -0.05) is 11.6 Å². The average Bonchev–Trinajstić information content (AvgIpc) is 2.87. The summed E-state index contributed by atoms with van der Waals surface area (Å²) in [7, 11) is 2.08. The van der Waals surface area contributed by atoms with Crippen LogP contribution in [0.5, 0.6) is 11.5 Å². The van der Waals surface area contributed by atoms with Crippen molar-refractivity contribution in [3.05, 3.63) is 28.8 Å². The van der Waals surface area contributed by atoms with E-state index in [9.17, 15) is 4.79 Å². The van der Waals surface area contributed by atoms with Crippen LogP contribution in [0.1, 0.15) is 12.0 Å². The molecule has 0 saturated carbocycles. The van der Waals surface area contributed by atoms with Crippen molar-refractivity contribution in [2.75, 3.05) is 40.0 Å². The standard InChI is InChI=1S/C16H19ClN2O3/c1-18-5-2-6-19(8-7-18)15(20)4-3-12-9-13(17)16-14(10-12)21-11-22-16/h3-4,9-10H,2,5-8,11H2,1H3/b4-3+. The maximum absolute atomic E-state index is 12.3. The monoisotopic (exact) mass is 322 g/mol. The van der Waals surface area contributed by atoms with Gasteiger partial charge in [-0.05, 0) is 43.8 Å². The Morgan fingerprint density at radius 2 is 2.09 bits per heavy atom. The first-order valence-electron chi connectivity index (χ1n) is 7.38. The summed E-state index contributed by atoms with van der Waals surface area (Å²) >= 11 is 6.14. The number of carbonyl (C=O) groups excluding carboxylic acids is 1. The molecule has 6 heteroatoms. The van der Waals surface area contributed by atoms with Gasteiger partial charge in [0.15, 0.2) is 11.5 Å². The van der Waals surface area contributed by atoms with Crippen LogP contribution in [-0.2, 0) is 4.79 Å². The van der Waals surface area contributed by atoms with Crippen molar-refractivity contribution in [1.82, 2.24) is 9.80 Å². The molecule has 0 atom stereocenters. The van der Waals surface area contributed by atoms with Gasteiger partial charge >= 0.3 is 0 Å². The van der Waals surface area contributed by atoms with E-state index in [2.05, 4.69) is 11.9 Å². The molecule has 1 aromatic carbocycles. The van der Waals surface area contributed by atoms with E-state index in [1.807, 2.05) is 11.0 Å².